The maximum absolute atomic E-state index is 5.75. The van der Waals surface area contributed by atoms with Crippen molar-refractivity contribution in [3.63, 3.8) is 0 Å². The number of oxazole rings is 1. The molecule has 0 amide bonds. The summed E-state index contributed by atoms with van der Waals surface area (Å²) in [6.45, 7) is 0. The molecule has 0 saturated heterocycles. The van der Waals surface area contributed by atoms with Gasteiger partial charge in [0.2, 0.25) is 0 Å². The van der Waals surface area contributed by atoms with Gasteiger partial charge in [-0.15, -0.1) is 0 Å². The summed E-state index contributed by atoms with van der Waals surface area (Å²) in [4.78, 5) is 4.10. The fraction of sp³-hybridized carbons (Fsp3) is 0.0909. The van der Waals surface area contributed by atoms with Crippen LogP contribution in [0.2, 0.25) is 0 Å². The van der Waals surface area contributed by atoms with Gasteiger partial charge < -0.3 is 10.2 Å². The highest BCUT2D eigenvalue weighted by molar-refractivity contribution is 5.89. The lowest BCUT2D eigenvalue weighted by Crippen LogP contribution is -1.96. The maximum atomic E-state index is 5.75. The number of anilines is 1. The topological polar surface area (TPSA) is 69.9 Å². The third kappa shape index (κ3) is 1.18. The summed E-state index contributed by atoms with van der Waals surface area (Å²) in [5.41, 5.74) is 9.01. The van der Waals surface area contributed by atoms with Crippen molar-refractivity contribution in [2.45, 2.75) is 0 Å². The molecule has 80 valence electrons. The highest BCUT2D eigenvalue weighted by Gasteiger charge is 2.11. The van der Waals surface area contributed by atoms with E-state index in [2.05, 4.69) is 10.1 Å². The molecule has 0 aliphatic heterocycles. The second kappa shape index (κ2) is 3.10. The van der Waals surface area contributed by atoms with Crippen molar-refractivity contribution in [2.75, 3.05) is 5.73 Å². The van der Waals surface area contributed by atoms with Crippen LogP contribution in [0.4, 0.5) is 5.82 Å². The van der Waals surface area contributed by atoms with Gasteiger partial charge in [-0.1, -0.05) is 6.07 Å². The first-order chi connectivity index (χ1) is 7.75. The first-order valence-corrected chi connectivity index (χ1v) is 4.88. The summed E-state index contributed by atoms with van der Waals surface area (Å²) in [6.07, 6.45) is 1.43. The predicted octanol–water partition coefficient (Wildman–Crippen LogP) is 1.81. The van der Waals surface area contributed by atoms with Crippen molar-refractivity contribution >= 4 is 16.9 Å². The third-order valence-corrected chi connectivity index (χ3v) is 2.55. The Morgan fingerprint density at radius 3 is 3.00 bits per heavy atom. The largest absolute Gasteiger partial charge is 0.443 e. The van der Waals surface area contributed by atoms with Gasteiger partial charge in [0.05, 0.1) is 5.69 Å². The maximum Gasteiger partial charge on any atom is 0.182 e. The number of aryl methyl sites for hydroxylation is 1. The Balaban J connectivity index is 2.29. The molecule has 0 bridgehead atoms. The molecular formula is C11H10N4O. The first kappa shape index (κ1) is 8.96. The van der Waals surface area contributed by atoms with Crippen molar-refractivity contribution in [2.24, 2.45) is 7.05 Å². The van der Waals surface area contributed by atoms with Gasteiger partial charge in [-0.05, 0) is 12.1 Å². The number of para-hydroxylation sites is 1. The molecular weight excluding hydrogens is 204 g/mol. The monoisotopic (exact) mass is 214 g/mol. The molecule has 2 aromatic heterocycles. The van der Waals surface area contributed by atoms with Crippen LogP contribution < -0.4 is 5.73 Å². The molecule has 0 fully saturated rings. The van der Waals surface area contributed by atoms with Crippen LogP contribution in [0.15, 0.2) is 35.1 Å². The average Bonchev–Trinajstić information content (AvgIpc) is 2.85. The van der Waals surface area contributed by atoms with Gasteiger partial charge in [-0.25, -0.2) is 4.98 Å². The zero-order valence-corrected chi connectivity index (χ0v) is 8.71. The van der Waals surface area contributed by atoms with E-state index < -0.39 is 0 Å². The summed E-state index contributed by atoms with van der Waals surface area (Å²) in [5, 5.41) is 4.31. The lowest BCUT2D eigenvalue weighted by molar-refractivity contribution is 0.603. The molecule has 0 aliphatic rings. The van der Waals surface area contributed by atoms with Gasteiger partial charge in [0, 0.05) is 18.7 Å². The normalized spacial score (nSPS) is 11.1. The molecule has 3 rings (SSSR count). The van der Waals surface area contributed by atoms with Crippen LogP contribution >= 0.6 is 0 Å². The predicted molar refractivity (Wildman–Crippen MR) is 60.6 cm³/mol. The number of rotatable bonds is 1. The number of benzene rings is 1. The molecule has 5 heteroatoms. The van der Waals surface area contributed by atoms with Gasteiger partial charge in [0.25, 0.3) is 0 Å². The smallest absolute Gasteiger partial charge is 0.182 e. The van der Waals surface area contributed by atoms with Crippen molar-refractivity contribution in [1.29, 1.82) is 0 Å². The third-order valence-electron chi connectivity index (χ3n) is 2.55. The minimum Gasteiger partial charge on any atom is -0.443 e. The summed E-state index contributed by atoms with van der Waals surface area (Å²) in [6, 6.07) is 7.58. The molecule has 1 aromatic carbocycles. The van der Waals surface area contributed by atoms with Gasteiger partial charge in [0.1, 0.15) is 11.3 Å². The number of nitrogens with zero attached hydrogens (tertiary/aromatic N) is 3. The van der Waals surface area contributed by atoms with E-state index in [0.717, 1.165) is 22.4 Å². The van der Waals surface area contributed by atoms with Crippen LogP contribution in [0.3, 0.4) is 0 Å². The van der Waals surface area contributed by atoms with Gasteiger partial charge in [0.15, 0.2) is 12.0 Å². The Hall–Kier alpha value is -2.30. The molecule has 2 heterocycles. The molecule has 0 atom stereocenters. The number of aromatic nitrogens is 3. The minimum absolute atomic E-state index is 0.617. The average molecular weight is 214 g/mol. The van der Waals surface area contributed by atoms with Crippen molar-refractivity contribution in [3.05, 3.63) is 30.7 Å². The Morgan fingerprint density at radius 1 is 1.38 bits per heavy atom. The van der Waals surface area contributed by atoms with Gasteiger partial charge in [-0.2, -0.15) is 5.10 Å². The highest BCUT2D eigenvalue weighted by Crippen LogP contribution is 2.27. The number of nitrogen functional groups attached to an aromatic ring is 1. The Labute approximate surface area is 91.5 Å². The quantitative estimate of drug-likeness (QED) is 0.670. The summed E-state index contributed by atoms with van der Waals surface area (Å²) < 4.78 is 6.98. The lowest BCUT2D eigenvalue weighted by Gasteiger charge is -1.96. The molecule has 0 aliphatic carbocycles. The van der Waals surface area contributed by atoms with E-state index in [4.69, 9.17) is 10.2 Å². The van der Waals surface area contributed by atoms with E-state index in [0.29, 0.717) is 5.82 Å². The van der Waals surface area contributed by atoms with E-state index in [-0.39, 0.29) is 0 Å². The zero-order chi connectivity index (χ0) is 11.1. The number of nitrogens with two attached hydrogens (primary N) is 1. The number of hydrogen-bond acceptors (Lipinski definition) is 4. The van der Waals surface area contributed by atoms with Gasteiger partial charge in [-0.3, -0.25) is 4.68 Å². The van der Waals surface area contributed by atoms with Gasteiger partial charge >= 0.3 is 0 Å². The first-order valence-electron chi connectivity index (χ1n) is 4.88. The molecule has 0 spiro atoms. The number of fused-ring (bicyclic) bond motifs is 1. The van der Waals surface area contributed by atoms with Crippen LogP contribution in [0.25, 0.3) is 22.4 Å². The Morgan fingerprint density at radius 2 is 2.25 bits per heavy atom. The second-order valence-corrected chi connectivity index (χ2v) is 3.58. The van der Waals surface area contributed by atoms with Crippen molar-refractivity contribution < 1.29 is 4.42 Å². The van der Waals surface area contributed by atoms with E-state index in [1.807, 2.05) is 24.3 Å². The van der Waals surface area contributed by atoms with Crippen molar-refractivity contribution in [1.82, 2.24) is 14.8 Å². The van der Waals surface area contributed by atoms with E-state index in [1.54, 1.807) is 11.7 Å². The molecule has 16 heavy (non-hydrogen) atoms. The lowest BCUT2D eigenvalue weighted by atomic mass is 10.1. The summed E-state index contributed by atoms with van der Waals surface area (Å²) in [7, 11) is 1.80. The second-order valence-electron chi connectivity index (χ2n) is 3.58. The van der Waals surface area contributed by atoms with Crippen LogP contribution in [0, 0.1) is 0 Å². The standard InChI is InChI=1S/C11H10N4O/c1-15-10(12)5-9(14-15)7-3-2-4-8-11(7)16-6-13-8/h2-6H,12H2,1H3. The Kier molecular flexibility index (Phi) is 1.73. The minimum atomic E-state index is 0.617. The van der Waals surface area contributed by atoms with Crippen LogP contribution in [-0.2, 0) is 7.05 Å². The van der Waals surface area contributed by atoms with Crippen LogP contribution in [-0.4, -0.2) is 14.8 Å². The van der Waals surface area contributed by atoms with E-state index >= 15 is 0 Å². The highest BCUT2D eigenvalue weighted by atomic mass is 16.3. The Bertz CT molecular complexity index is 633. The molecule has 0 saturated carbocycles. The zero-order valence-electron chi connectivity index (χ0n) is 8.71. The number of hydrogen-bond donors (Lipinski definition) is 1. The summed E-state index contributed by atoms with van der Waals surface area (Å²) in [5.74, 6) is 0.617. The summed E-state index contributed by atoms with van der Waals surface area (Å²) >= 11 is 0. The molecule has 0 unspecified atom stereocenters. The van der Waals surface area contributed by atoms with Crippen LogP contribution in [0.1, 0.15) is 0 Å². The fourth-order valence-electron chi connectivity index (χ4n) is 1.70. The molecule has 3 aromatic rings. The molecule has 2 N–H and O–H groups in total. The van der Waals surface area contributed by atoms with E-state index in [1.165, 1.54) is 6.39 Å². The fourth-order valence-corrected chi connectivity index (χ4v) is 1.70. The van der Waals surface area contributed by atoms with Crippen LogP contribution in [0.5, 0.6) is 0 Å². The SMILES string of the molecule is Cn1nc(-c2cccc3ncoc23)cc1N. The van der Waals surface area contributed by atoms with Crippen molar-refractivity contribution in [3.8, 4) is 11.3 Å². The van der Waals surface area contributed by atoms with E-state index in [9.17, 15) is 0 Å². The molecule has 5 nitrogen and oxygen atoms in total. The molecule has 0 radical (unpaired) electrons.